The first-order valence-corrected chi connectivity index (χ1v) is 5.19. The smallest absolute Gasteiger partial charge is 0.325 e. The maximum absolute atomic E-state index is 11.7. The van der Waals surface area contributed by atoms with Crippen molar-refractivity contribution in [2.45, 2.75) is 12.8 Å². The molecular formula is C11H17N3O3. The van der Waals surface area contributed by atoms with Crippen molar-refractivity contribution in [3.63, 3.8) is 0 Å². The van der Waals surface area contributed by atoms with Crippen molar-refractivity contribution in [1.29, 1.82) is 0 Å². The molecule has 6 nitrogen and oxygen atoms in total. The molecule has 1 aliphatic heterocycles. The normalized spacial score (nSPS) is 26.8. The van der Waals surface area contributed by atoms with Crippen LogP contribution in [0.15, 0.2) is 17.1 Å². The highest BCUT2D eigenvalue weighted by Crippen LogP contribution is 1.96. The van der Waals surface area contributed by atoms with Crippen LogP contribution in [0.2, 0.25) is 0 Å². The second-order valence-corrected chi connectivity index (χ2v) is 3.37. The Kier molecular flexibility index (Phi) is 3.61. The fourth-order valence-corrected chi connectivity index (χ4v) is 1.22. The van der Waals surface area contributed by atoms with E-state index >= 15 is 0 Å². The predicted molar refractivity (Wildman–Crippen MR) is 63.5 cm³/mol. The molecule has 0 bridgehead atoms. The van der Waals surface area contributed by atoms with Crippen LogP contribution in [0.3, 0.4) is 0 Å². The first-order chi connectivity index (χ1) is 9.34. The Morgan fingerprint density at radius 3 is 3.06 bits per heavy atom. The molecule has 1 amide bonds. The Morgan fingerprint density at radius 1 is 1.53 bits per heavy atom. The number of amides is 1. The second kappa shape index (κ2) is 6.67. The molecule has 94 valence electrons. The van der Waals surface area contributed by atoms with E-state index in [0.717, 1.165) is 4.90 Å². The molecule has 0 saturated heterocycles. The van der Waals surface area contributed by atoms with Crippen molar-refractivity contribution in [2.75, 3.05) is 27.2 Å². The number of carbonyl (C=O) groups is 2. The summed E-state index contributed by atoms with van der Waals surface area (Å²) in [5.41, 5.74) is 0. The molecule has 0 aromatic rings. The number of aliphatic imine (C=N–C) groups is 1. The quantitative estimate of drug-likeness (QED) is 0.476. The molecular weight excluding hydrogens is 222 g/mol. The number of hydrogen-bond acceptors (Lipinski definition) is 4. The summed E-state index contributed by atoms with van der Waals surface area (Å²) >= 11 is 0. The molecule has 17 heavy (non-hydrogen) atoms. The number of guanidine groups is 1. The van der Waals surface area contributed by atoms with E-state index in [2.05, 4.69) is 10.3 Å². The van der Waals surface area contributed by atoms with Crippen molar-refractivity contribution < 1.29 is 18.4 Å². The molecule has 0 unspecified atom stereocenters. The molecule has 1 rings (SSSR count). The third-order valence-corrected chi connectivity index (χ3v) is 2.05. The summed E-state index contributed by atoms with van der Waals surface area (Å²) in [6, 6.07) is 0. The van der Waals surface area contributed by atoms with Gasteiger partial charge in [-0.05, 0) is 6.42 Å². The molecule has 1 heterocycles. The van der Waals surface area contributed by atoms with Crippen molar-refractivity contribution in [1.82, 2.24) is 10.2 Å². The number of carbonyl (C=O) groups excluding carboxylic acids is 2. The number of ether oxygens (including phenoxy) is 1. The van der Waals surface area contributed by atoms with Crippen LogP contribution in [0.4, 0.5) is 0 Å². The van der Waals surface area contributed by atoms with Gasteiger partial charge in [0.15, 0.2) is 0 Å². The number of esters is 1. The molecule has 0 saturated carbocycles. The molecule has 0 radical (unpaired) electrons. The first kappa shape index (κ1) is 9.21. The van der Waals surface area contributed by atoms with Crippen molar-refractivity contribution in [3.05, 3.63) is 12.2 Å². The maximum atomic E-state index is 11.7. The number of hydrogen-bond donors (Lipinski definition) is 1. The van der Waals surface area contributed by atoms with Gasteiger partial charge in [-0.25, -0.2) is 0 Å². The highest BCUT2D eigenvalue weighted by molar-refractivity contribution is 5.97. The van der Waals surface area contributed by atoms with Gasteiger partial charge in [-0.2, -0.15) is 0 Å². The minimum absolute atomic E-state index is 0.0495. The van der Waals surface area contributed by atoms with Crippen LogP contribution in [0.1, 0.15) is 17.0 Å². The predicted octanol–water partition coefficient (Wildman–Crippen LogP) is -0.0866. The van der Waals surface area contributed by atoms with E-state index in [1.165, 1.54) is 7.05 Å². The van der Waals surface area contributed by atoms with Gasteiger partial charge in [0.05, 0.1) is 0 Å². The number of likely N-dealkylation sites (N-methyl/N-ethyl adjacent to an activating group) is 1. The topological polar surface area (TPSA) is 71.0 Å². The van der Waals surface area contributed by atoms with Crippen molar-refractivity contribution in [3.8, 4) is 0 Å². The number of rotatable bonds is 0. The standard InChI is InChI=1S/C11H17N3O3/c1-12-11-13-9(15)6-4-3-5-7-17-10(16)8-14(11)2/h3,5H,4,6-8H2,1-2H3,(H,12,13,15)/b5-3-/i2D3. The average molecular weight is 242 g/mol. The van der Waals surface area contributed by atoms with Gasteiger partial charge in [0.25, 0.3) is 0 Å². The molecule has 0 aromatic carbocycles. The summed E-state index contributed by atoms with van der Waals surface area (Å²) in [5, 5.41) is 2.40. The summed E-state index contributed by atoms with van der Waals surface area (Å²) in [7, 11) is 1.34. The summed E-state index contributed by atoms with van der Waals surface area (Å²) in [6.07, 6.45) is 3.99. The highest BCUT2D eigenvalue weighted by Gasteiger charge is 2.14. The highest BCUT2D eigenvalue weighted by atomic mass is 16.5. The Morgan fingerprint density at radius 2 is 2.35 bits per heavy atom. The molecule has 0 aromatic heterocycles. The molecule has 0 spiro atoms. The second-order valence-electron chi connectivity index (χ2n) is 3.37. The largest absolute Gasteiger partial charge is 0.460 e. The lowest BCUT2D eigenvalue weighted by molar-refractivity contribution is -0.142. The summed E-state index contributed by atoms with van der Waals surface area (Å²) in [5.74, 6) is -1.24. The number of nitrogens with one attached hydrogen (secondary N) is 1. The Balaban J connectivity index is 2.99. The lowest BCUT2D eigenvalue weighted by Crippen LogP contribution is -2.44. The van der Waals surface area contributed by atoms with Gasteiger partial charge in [0.2, 0.25) is 11.9 Å². The molecule has 0 fully saturated rings. The Bertz CT molecular complexity index is 432. The SMILES string of the molecule is [2H]C([2H])([2H])N1CC(=O)OC/C=C\CCC(=O)NC1=NC. The fourth-order valence-electron chi connectivity index (χ4n) is 1.22. The van der Waals surface area contributed by atoms with Crippen LogP contribution in [-0.4, -0.2) is 49.9 Å². The number of nitrogens with zero attached hydrogens (tertiary/aromatic N) is 2. The zero-order valence-electron chi connectivity index (χ0n) is 12.6. The van der Waals surface area contributed by atoms with E-state index in [4.69, 9.17) is 8.85 Å². The van der Waals surface area contributed by atoms with Crippen LogP contribution < -0.4 is 5.32 Å². The molecule has 0 aliphatic carbocycles. The zero-order chi connectivity index (χ0) is 15.2. The van der Waals surface area contributed by atoms with E-state index < -0.39 is 19.5 Å². The molecule has 0 atom stereocenters. The molecule has 1 N–H and O–H groups in total. The maximum Gasteiger partial charge on any atom is 0.325 e. The minimum Gasteiger partial charge on any atom is -0.460 e. The summed E-state index contributed by atoms with van der Waals surface area (Å²) < 4.78 is 27.1. The average Bonchev–Trinajstić information content (AvgIpc) is 2.35. The van der Waals surface area contributed by atoms with Gasteiger partial charge in [-0.15, -0.1) is 0 Å². The van der Waals surface area contributed by atoms with E-state index in [1.54, 1.807) is 12.2 Å². The first-order valence-electron chi connectivity index (χ1n) is 6.69. The van der Waals surface area contributed by atoms with Crippen LogP contribution >= 0.6 is 0 Å². The van der Waals surface area contributed by atoms with Gasteiger partial charge < -0.3 is 9.64 Å². The van der Waals surface area contributed by atoms with Crippen LogP contribution in [0.5, 0.6) is 0 Å². The Hall–Kier alpha value is -1.85. The fraction of sp³-hybridized carbons (Fsp3) is 0.545. The van der Waals surface area contributed by atoms with E-state index in [0.29, 0.717) is 6.42 Å². The van der Waals surface area contributed by atoms with Crippen LogP contribution in [0, 0.1) is 0 Å². The molecule has 6 heteroatoms. The number of cyclic esters (lactones) is 1. The van der Waals surface area contributed by atoms with Gasteiger partial charge in [-0.1, -0.05) is 12.2 Å². The third-order valence-electron chi connectivity index (χ3n) is 2.05. The van der Waals surface area contributed by atoms with Crippen LogP contribution in [-0.2, 0) is 14.3 Å². The van der Waals surface area contributed by atoms with Gasteiger partial charge >= 0.3 is 5.97 Å². The number of allylic oxidation sites excluding steroid dienone is 1. The summed E-state index contributed by atoms with van der Waals surface area (Å²) in [6.45, 7) is -3.08. The van der Waals surface area contributed by atoms with E-state index in [-0.39, 0.29) is 24.9 Å². The third kappa shape index (κ3) is 4.67. The van der Waals surface area contributed by atoms with Gasteiger partial charge in [0, 0.05) is 24.6 Å². The minimum atomic E-state index is -2.61. The Labute approximate surface area is 105 Å². The lowest BCUT2D eigenvalue weighted by atomic mass is 10.3. The molecule has 1 aliphatic rings. The van der Waals surface area contributed by atoms with Crippen molar-refractivity contribution in [2.24, 2.45) is 4.99 Å². The lowest BCUT2D eigenvalue weighted by Gasteiger charge is -2.20. The monoisotopic (exact) mass is 242 g/mol. The van der Waals surface area contributed by atoms with Gasteiger partial charge in [-0.3, -0.25) is 19.9 Å². The van der Waals surface area contributed by atoms with Gasteiger partial charge in [0.1, 0.15) is 13.2 Å². The van der Waals surface area contributed by atoms with E-state index in [1.807, 2.05) is 0 Å². The zero-order valence-corrected chi connectivity index (χ0v) is 9.60. The van der Waals surface area contributed by atoms with E-state index in [9.17, 15) is 9.59 Å². The van der Waals surface area contributed by atoms with Crippen LogP contribution in [0.25, 0.3) is 0 Å². The van der Waals surface area contributed by atoms with Crippen molar-refractivity contribution >= 4 is 17.8 Å². The summed E-state index contributed by atoms with van der Waals surface area (Å²) in [4.78, 5) is 27.7.